The topological polar surface area (TPSA) is 111 Å². The van der Waals surface area contributed by atoms with Gasteiger partial charge in [-0.2, -0.15) is 0 Å². The maximum absolute atomic E-state index is 13.7. The van der Waals surface area contributed by atoms with Gasteiger partial charge in [0.05, 0.1) is 12.7 Å². The number of carbonyl (C=O) groups is 2. The van der Waals surface area contributed by atoms with Crippen LogP contribution in [-0.2, 0) is 9.59 Å². The standard InChI is InChI=1S/C17H15ClF2N2O.C5H11NO3.C5H12/c18-11-3-1-2-10(4-11)13-7-21-8-14(13)12-5-15(19)16(20)6-17(12)22-9-23;7-3-5(9)1-2-6-4-8;1-5(2,3)4/h1-6,9,13-14,21H,7-8H2,(H,22,23);4-5,7,9H,1-3H2,(H,6,8);1-4H3. The lowest BCUT2D eigenvalue weighted by Crippen LogP contribution is -2.21. The van der Waals surface area contributed by atoms with Crippen LogP contribution >= 0.6 is 11.6 Å². The summed E-state index contributed by atoms with van der Waals surface area (Å²) in [6.45, 7) is 10.2. The van der Waals surface area contributed by atoms with Gasteiger partial charge < -0.3 is 26.2 Å². The molecule has 3 rings (SSSR count). The highest BCUT2D eigenvalue weighted by Gasteiger charge is 2.32. The van der Waals surface area contributed by atoms with Crippen LogP contribution in [0.4, 0.5) is 14.5 Å². The predicted octanol–water partition coefficient (Wildman–Crippen LogP) is 4.19. The number of halogens is 3. The molecule has 0 bridgehead atoms. The van der Waals surface area contributed by atoms with Gasteiger partial charge in [0, 0.05) is 48.2 Å². The summed E-state index contributed by atoms with van der Waals surface area (Å²) >= 11 is 6.06. The molecule has 1 fully saturated rings. The minimum absolute atomic E-state index is 0.0609. The van der Waals surface area contributed by atoms with E-state index < -0.39 is 17.7 Å². The number of anilines is 1. The van der Waals surface area contributed by atoms with Crippen molar-refractivity contribution >= 4 is 30.1 Å². The molecule has 7 nitrogen and oxygen atoms in total. The van der Waals surface area contributed by atoms with Crippen LogP contribution < -0.4 is 16.0 Å². The predicted molar refractivity (Wildman–Crippen MR) is 143 cm³/mol. The number of carbonyl (C=O) groups excluding carboxylic acids is 2. The zero-order valence-electron chi connectivity index (χ0n) is 21.7. The number of rotatable bonds is 9. The smallest absolute Gasteiger partial charge is 0.211 e. The third-order valence-electron chi connectivity index (χ3n) is 5.11. The number of aliphatic hydroxyl groups is 2. The molecule has 10 heteroatoms. The number of benzene rings is 2. The molecular weight excluding hydrogens is 504 g/mol. The lowest BCUT2D eigenvalue weighted by molar-refractivity contribution is -0.109. The molecule has 37 heavy (non-hydrogen) atoms. The van der Waals surface area contributed by atoms with Gasteiger partial charge in [-0.15, -0.1) is 0 Å². The fourth-order valence-corrected chi connectivity index (χ4v) is 3.75. The Morgan fingerprint density at radius 3 is 2.27 bits per heavy atom. The van der Waals surface area contributed by atoms with Crippen molar-refractivity contribution in [2.24, 2.45) is 5.41 Å². The quantitative estimate of drug-likeness (QED) is 0.241. The second-order valence-electron chi connectivity index (χ2n) is 10.2. The first-order chi connectivity index (χ1) is 17.4. The van der Waals surface area contributed by atoms with Crippen molar-refractivity contribution in [3.63, 3.8) is 0 Å². The van der Waals surface area contributed by atoms with Gasteiger partial charge >= 0.3 is 0 Å². The van der Waals surface area contributed by atoms with E-state index in [4.69, 9.17) is 21.8 Å². The van der Waals surface area contributed by atoms with Gasteiger partial charge in [-0.05, 0) is 41.2 Å². The van der Waals surface area contributed by atoms with Gasteiger partial charge in [0.1, 0.15) is 0 Å². The maximum Gasteiger partial charge on any atom is 0.211 e. The van der Waals surface area contributed by atoms with Crippen molar-refractivity contribution < 1.29 is 28.6 Å². The summed E-state index contributed by atoms with van der Waals surface area (Å²) in [6, 6.07) is 9.67. The monoisotopic (exact) mass is 541 g/mol. The molecule has 0 spiro atoms. The van der Waals surface area contributed by atoms with Crippen LogP contribution in [0.5, 0.6) is 0 Å². The zero-order valence-corrected chi connectivity index (χ0v) is 22.5. The molecule has 1 aliphatic rings. The van der Waals surface area contributed by atoms with E-state index in [1.807, 2.05) is 18.2 Å². The number of amides is 2. The highest BCUT2D eigenvalue weighted by Crippen LogP contribution is 2.40. The van der Waals surface area contributed by atoms with Crippen LogP contribution in [0.1, 0.15) is 57.1 Å². The zero-order chi connectivity index (χ0) is 28.0. The summed E-state index contributed by atoms with van der Waals surface area (Å²) in [6.07, 6.45) is 0.712. The summed E-state index contributed by atoms with van der Waals surface area (Å²) < 4.78 is 27.2. The lowest BCUT2D eigenvalue weighted by Gasteiger charge is -2.22. The van der Waals surface area contributed by atoms with Gasteiger partial charge in [0.15, 0.2) is 11.6 Å². The molecule has 3 unspecified atom stereocenters. The molecule has 1 aliphatic heterocycles. The number of hydrogen-bond acceptors (Lipinski definition) is 5. The molecule has 1 saturated heterocycles. The first kappa shape index (κ1) is 32.4. The van der Waals surface area contributed by atoms with Gasteiger partial charge in [-0.3, -0.25) is 9.59 Å². The van der Waals surface area contributed by atoms with Gasteiger partial charge in [0.2, 0.25) is 12.8 Å². The van der Waals surface area contributed by atoms with Crippen LogP contribution in [0, 0.1) is 17.0 Å². The Labute approximate surface area is 222 Å². The van der Waals surface area contributed by atoms with E-state index in [0.29, 0.717) is 60.6 Å². The van der Waals surface area contributed by atoms with Crippen LogP contribution in [0.15, 0.2) is 36.4 Å². The Morgan fingerprint density at radius 2 is 1.70 bits per heavy atom. The van der Waals surface area contributed by atoms with Gasteiger partial charge in [0.25, 0.3) is 0 Å². The molecule has 0 radical (unpaired) electrons. The van der Waals surface area contributed by atoms with Crippen molar-refractivity contribution in [1.82, 2.24) is 10.6 Å². The van der Waals surface area contributed by atoms with E-state index in [9.17, 15) is 18.4 Å². The van der Waals surface area contributed by atoms with E-state index in [-0.39, 0.29) is 18.4 Å². The normalized spacial score (nSPS) is 17.4. The average Bonchev–Trinajstić information content (AvgIpc) is 3.31. The summed E-state index contributed by atoms with van der Waals surface area (Å²) in [5.41, 5.74) is 2.39. The van der Waals surface area contributed by atoms with E-state index in [2.05, 4.69) is 43.6 Å². The molecule has 1 heterocycles. The van der Waals surface area contributed by atoms with Crippen molar-refractivity contribution in [1.29, 1.82) is 0 Å². The summed E-state index contributed by atoms with van der Waals surface area (Å²) in [5, 5.41) is 25.7. The molecule has 2 aromatic rings. The highest BCUT2D eigenvalue weighted by molar-refractivity contribution is 6.30. The van der Waals surface area contributed by atoms with Crippen molar-refractivity contribution in [3.05, 3.63) is 64.2 Å². The van der Waals surface area contributed by atoms with Crippen LogP contribution in [0.25, 0.3) is 0 Å². The molecule has 2 amide bonds. The van der Waals surface area contributed by atoms with Crippen molar-refractivity contribution in [2.75, 3.05) is 31.6 Å². The van der Waals surface area contributed by atoms with Crippen molar-refractivity contribution in [3.8, 4) is 0 Å². The first-order valence-corrected chi connectivity index (χ1v) is 12.4. The van der Waals surface area contributed by atoms with Crippen molar-refractivity contribution in [2.45, 2.75) is 52.1 Å². The maximum atomic E-state index is 13.7. The van der Waals surface area contributed by atoms with Crippen LogP contribution in [0.2, 0.25) is 5.02 Å². The minimum atomic E-state index is -0.983. The molecule has 5 N–H and O–H groups in total. The molecule has 3 atom stereocenters. The SMILES string of the molecule is CC(C)(C)C.O=CNCCC(O)CO.O=CNc1cc(F)c(F)cc1C1CNCC1c1cccc(Cl)c1. The Hall–Kier alpha value is -2.59. The lowest BCUT2D eigenvalue weighted by atomic mass is 9.83. The number of nitrogens with one attached hydrogen (secondary N) is 3. The average molecular weight is 542 g/mol. The summed E-state index contributed by atoms with van der Waals surface area (Å²) in [5.74, 6) is -1.94. The third kappa shape index (κ3) is 12.5. The summed E-state index contributed by atoms with van der Waals surface area (Å²) in [7, 11) is 0. The highest BCUT2D eigenvalue weighted by atomic mass is 35.5. The van der Waals surface area contributed by atoms with Crippen LogP contribution in [-0.4, -0.2) is 55.4 Å². The van der Waals surface area contributed by atoms with Gasteiger partial charge in [-0.1, -0.05) is 51.4 Å². The van der Waals surface area contributed by atoms with Gasteiger partial charge in [-0.25, -0.2) is 8.78 Å². The third-order valence-corrected chi connectivity index (χ3v) is 5.35. The van der Waals surface area contributed by atoms with E-state index in [0.717, 1.165) is 17.7 Å². The Balaban J connectivity index is 0.000000406. The minimum Gasteiger partial charge on any atom is -0.394 e. The largest absolute Gasteiger partial charge is 0.394 e. The van der Waals surface area contributed by atoms with E-state index >= 15 is 0 Å². The molecule has 206 valence electrons. The fourth-order valence-electron chi connectivity index (χ4n) is 3.55. The Kier molecular flexibility index (Phi) is 14.3. The second kappa shape index (κ2) is 16.3. The molecule has 2 aromatic carbocycles. The Bertz CT molecular complexity index is 983. The second-order valence-corrected chi connectivity index (χ2v) is 10.7. The van der Waals surface area contributed by atoms with E-state index in [1.165, 1.54) is 0 Å². The molecule has 0 aromatic heterocycles. The molecule has 0 saturated carbocycles. The molecule has 0 aliphatic carbocycles. The van der Waals surface area contributed by atoms with E-state index in [1.54, 1.807) is 6.07 Å². The first-order valence-electron chi connectivity index (χ1n) is 12.0. The Morgan fingerprint density at radius 1 is 1.08 bits per heavy atom. The number of aliphatic hydroxyl groups excluding tert-OH is 2. The fraction of sp³-hybridized carbons (Fsp3) is 0.481. The van der Waals surface area contributed by atoms with Crippen LogP contribution in [0.3, 0.4) is 0 Å². The number of hydrogen-bond donors (Lipinski definition) is 5. The molecular formula is C27H38ClF2N3O4. The summed E-state index contributed by atoms with van der Waals surface area (Å²) in [4.78, 5) is 20.4.